The van der Waals surface area contributed by atoms with Crippen LogP contribution in [0.3, 0.4) is 0 Å². The fraction of sp³-hybridized carbons (Fsp3) is 0.700. The van der Waals surface area contributed by atoms with Gasteiger partial charge in [-0.2, -0.15) is 0 Å². The molecule has 154 valence electrons. The third-order valence-electron chi connectivity index (χ3n) is 4.68. The molecule has 1 aromatic rings. The molecular formula is C20H36IN5O. The van der Waals surface area contributed by atoms with Gasteiger partial charge in [0.15, 0.2) is 5.96 Å². The van der Waals surface area contributed by atoms with E-state index in [0.29, 0.717) is 12.6 Å². The van der Waals surface area contributed by atoms with Crippen molar-refractivity contribution in [2.24, 2.45) is 4.99 Å². The molecule has 1 saturated heterocycles. The minimum absolute atomic E-state index is 0. The Morgan fingerprint density at radius 2 is 2.22 bits per heavy atom. The summed E-state index contributed by atoms with van der Waals surface area (Å²) in [6.45, 7) is 9.84. The lowest BCUT2D eigenvalue weighted by Gasteiger charge is -2.32. The summed E-state index contributed by atoms with van der Waals surface area (Å²) in [4.78, 5) is 11.2. The quantitative estimate of drug-likeness (QED) is 0.253. The number of rotatable bonds is 8. The Morgan fingerprint density at radius 1 is 1.41 bits per heavy atom. The normalized spacial score (nSPS) is 18.6. The molecule has 27 heavy (non-hydrogen) atoms. The number of pyridine rings is 1. The molecule has 7 heteroatoms. The minimum atomic E-state index is 0. The van der Waals surface area contributed by atoms with Crippen LogP contribution in [0.25, 0.3) is 0 Å². The molecule has 1 fully saturated rings. The van der Waals surface area contributed by atoms with Crippen LogP contribution in [-0.2, 0) is 11.3 Å². The summed E-state index contributed by atoms with van der Waals surface area (Å²) in [6, 6.07) is 4.66. The van der Waals surface area contributed by atoms with Gasteiger partial charge in [0, 0.05) is 38.9 Å². The second-order valence-electron chi connectivity index (χ2n) is 7.12. The van der Waals surface area contributed by atoms with E-state index in [9.17, 15) is 0 Å². The summed E-state index contributed by atoms with van der Waals surface area (Å²) in [5.74, 6) is 1.87. The molecule has 0 bridgehead atoms. The van der Waals surface area contributed by atoms with E-state index < -0.39 is 0 Å². The zero-order chi connectivity index (χ0) is 18.8. The van der Waals surface area contributed by atoms with Crippen LogP contribution in [0.15, 0.2) is 23.3 Å². The predicted molar refractivity (Wildman–Crippen MR) is 124 cm³/mol. The first-order chi connectivity index (χ1) is 12.6. The van der Waals surface area contributed by atoms with Crippen molar-refractivity contribution in [3.05, 3.63) is 23.9 Å². The molecule has 2 atom stereocenters. The molecule has 0 amide bonds. The fourth-order valence-electron chi connectivity index (χ4n) is 3.12. The monoisotopic (exact) mass is 489 g/mol. The number of ether oxygens (including phenoxy) is 1. The average Bonchev–Trinajstić information content (AvgIpc) is 2.65. The van der Waals surface area contributed by atoms with Crippen LogP contribution in [0.4, 0.5) is 5.82 Å². The number of hydrogen-bond acceptors (Lipinski definition) is 4. The molecule has 1 aliphatic rings. The zero-order valence-electron chi connectivity index (χ0n) is 17.2. The molecule has 2 heterocycles. The van der Waals surface area contributed by atoms with Crippen molar-refractivity contribution < 1.29 is 4.74 Å². The van der Waals surface area contributed by atoms with Crippen molar-refractivity contribution in [1.82, 2.24) is 15.6 Å². The maximum atomic E-state index is 5.59. The number of nitrogens with one attached hydrogen (secondary N) is 2. The highest BCUT2D eigenvalue weighted by atomic mass is 127. The number of hydrogen-bond donors (Lipinski definition) is 2. The molecule has 1 aromatic heterocycles. The summed E-state index contributed by atoms with van der Waals surface area (Å²) in [7, 11) is 1.81. The van der Waals surface area contributed by atoms with Crippen LogP contribution in [0, 0.1) is 0 Å². The molecule has 2 unspecified atom stereocenters. The smallest absolute Gasteiger partial charge is 0.191 e. The Balaban J connectivity index is 0.00000364. The van der Waals surface area contributed by atoms with Gasteiger partial charge in [-0.3, -0.25) is 4.99 Å². The molecule has 0 saturated carbocycles. The largest absolute Gasteiger partial charge is 0.375 e. The van der Waals surface area contributed by atoms with Crippen molar-refractivity contribution in [3.63, 3.8) is 0 Å². The van der Waals surface area contributed by atoms with Crippen molar-refractivity contribution >= 4 is 35.8 Å². The molecule has 2 N–H and O–H groups in total. The first kappa shape index (κ1) is 23.9. The maximum Gasteiger partial charge on any atom is 0.191 e. The molecule has 1 aliphatic heterocycles. The highest BCUT2D eigenvalue weighted by Crippen LogP contribution is 2.15. The number of morpholine rings is 1. The van der Waals surface area contributed by atoms with Gasteiger partial charge in [0.25, 0.3) is 0 Å². The van der Waals surface area contributed by atoms with Gasteiger partial charge in [0.1, 0.15) is 5.82 Å². The Hall–Kier alpha value is -1.09. The van der Waals surface area contributed by atoms with Crippen LogP contribution in [0.2, 0.25) is 0 Å². The maximum absolute atomic E-state index is 5.59. The summed E-state index contributed by atoms with van der Waals surface area (Å²) < 4.78 is 5.59. The molecule has 0 spiro atoms. The second kappa shape index (κ2) is 13.1. The van der Waals surface area contributed by atoms with Crippen molar-refractivity contribution in [2.75, 3.05) is 31.6 Å². The number of aromatic nitrogens is 1. The molecule has 2 rings (SSSR count). The van der Waals surface area contributed by atoms with Gasteiger partial charge in [-0.15, -0.1) is 24.0 Å². The first-order valence-corrected chi connectivity index (χ1v) is 9.91. The van der Waals surface area contributed by atoms with E-state index in [1.54, 1.807) is 0 Å². The van der Waals surface area contributed by atoms with Gasteiger partial charge in [-0.25, -0.2) is 4.98 Å². The van der Waals surface area contributed by atoms with E-state index in [0.717, 1.165) is 37.0 Å². The van der Waals surface area contributed by atoms with Crippen LogP contribution in [0.1, 0.15) is 52.0 Å². The Labute approximate surface area is 181 Å². The van der Waals surface area contributed by atoms with Gasteiger partial charge in [0.2, 0.25) is 0 Å². The lowest BCUT2D eigenvalue weighted by Crippen LogP contribution is -2.42. The van der Waals surface area contributed by atoms with Crippen LogP contribution >= 0.6 is 24.0 Å². The lowest BCUT2D eigenvalue weighted by molar-refractivity contribution is 0.0529. The van der Waals surface area contributed by atoms with E-state index in [2.05, 4.69) is 58.4 Å². The third kappa shape index (κ3) is 8.64. The number of nitrogens with zero attached hydrogens (tertiary/aromatic N) is 3. The number of aliphatic imine (C=N–C) groups is 1. The second-order valence-corrected chi connectivity index (χ2v) is 7.12. The fourth-order valence-corrected chi connectivity index (χ4v) is 3.12. The van der Waals surface area contributed by atoms with E-state index in [1.807, 2.05) is 13.2 Å². The van der Waals surface area contributed by atoms with Gasteiger partial charge >= 0.3 is 0 Å². The van der Waals surface area contributed by atoms with E-state index >= 15 is 0 Å². The summed E-state index contributed by atoms with van der Waals surface area (Å²) in [6.07, 6.45) is 7.18. The molecule has 6 nitrogen and oxygen atoms in total. The van der Waals surface area contributed by atoms with Crippen molar-refractivity contribution in [1.29, 1.82) is 0 Å². The number of guanidine groups is 1. The number of halogens is 1. The van der Waals surface area contributed by atoms with E-state index in [-0.39, 0.29) is 30.1 Å². The van der Waals surface area contributed by atoms with Crippen LogP contribution in [0.5, 0.6) is 0 Å². The van der Waals surface area contributed by atoms with Crippen LogP contribution in [-0.4, -0.2) is 49.8 Å². The molecule has 0 aliphatic carbocycles. The molecular weight excluding hydrogens is 453 g/mol. The van der Waals surface area contributed by atoms with Crippen molar-refractivity contribution in [2.45, 2.75) is 65.1 Å². The highest BCUT2D eigenvalue weighted by molar-refractivity contribution is 14.0. The number of anilines is 1. The molecule has 0 radical (unpaired) electrons. The summed E-state index contributed by atoms with van der Waals surface area (Å²) in [5.41, 5.74) is 1.15. The van der Waals surface area contributed by atoms with Crippen LogP contribution < -0.4 is 15.5 Å². The zero-order valence-corrected chi connectivity index (χ0v) is 19.5. The Bertz CT molecular complexity index is 552. The lowest BCUT2D eigenvalue weighted by atomic mass is 10.1. The topological polar surface area (TPSA) is 61.8 Å². The standard InChI is InChI=1S/C20H35N5O.HI/c1-5-6-7-8-16(2)24-20(21-4)23-14-18-9-10-19(22-13-18)25-11-12-26-17(3)15-25;/h9-10,13,16-17H,5-8,11-12,14-15H2,1-4H3,(H2,21,23,24);1H. The SMILES string of the molecule is CCCCCC(C)NC(=NC)NCc1ccc(N2CCOC(C)C2)nc1.I. The third-order valence-corrected chi connectivity index (χ3v) is 4.68. The van der Waals surface area contributed by atoms with Gasteiger partial charge in [-0.05, 0) is 31.9 Å². The number of unbranched alkanes of at least 4 members (excludes halogenated alkanes) is 2. The van der Waals surface area contributed by atoms with Gasteiger partial charge in [0.05, 0.1) is 12.7 Å². The minimum Gasteiger partial charge on any atom is -0.375 e. The first-order valence-electron chi connectivity index (χ1n) is 9.91. The average molecular weight is 489 g/mol. The summed E-state index contributed by atoms with van der Waals surface area (Å²) >= 11 is 0. The highest BCUT2D eigenvalue weighted by Gasteiger charge is 2.17. The van der Waals surface area contributed by atoms with Gasteiger partial charge < -0.3 is 20.3 Å². The Morgan fingerprint density at radius 3 is 2.85 bits per heavy atom. The molecule has 0 aromatic carbocycles. The summed E-state index contributed by atoms with van der Waals surface area (Å²) in [5, 5.41) is 6.84. The Kier molecular flexibility index (Phi) is 11.7. The van der Waals surface area contributed by atoms with Crippen molar-refractivity contribution in [3.8, 4) is 0 Å². The predicted octanol–water partition coefficient (Wildman–Crippen LogP) is 3.56. The van der Waals surface area contributed by atoms with Gasteiger partial charge in [-0.1, -0.05) is 32.3 Å². The van der Waals surface area contributed by atoms with E-state index in [4.69, 9.17) is 4.74 Å². The van der Waals surface area contributed by atoms with E-state index in [1.165, 1.54) is 25.7 Å².